The summed E-state index contributed by atoms with van der Waals surface area (Å²) in [6.45, 7) is 4.54. The average molecular weight is 203 g/mol. The lowest BCUT2D eigenvalue weighted by Crippen LogP contribution is -2.18. The molecule has 1 aromatic rings. The normalized spacial score (nSPS) is 17.5. The fraction of sp³-hybridized carbons (Fsp3) is 0.571. The maximum absolute atomic E-state index is 3.66. The number of para-hydroxylation sites is 1. The zero-order chi connectivity index (χ0) is 10.7. The van der Waals surface area contributed by atoms with Crippen LogP contribution in [-0.4, -0.2) is 6.04 Å². The Kier molecular flexibility index (Phi) is 3.30. The van der Waals surface area contributed by atoms with Crippen LogP contribution in [0, 0.1) is 5.92 Å². The highest BCUT2D eigenvalue weighted by Gasteiger charge is 2.27. The summed E-state index contributed by atoms with van der Waals surface area (Å²) in [5, 5.41) is 3.66. The Balaban J connectivity index is 2.04. The fourth-order valence-corrected chi connectivity index (χ4v) is 2.11. The molecule has 1 aromatic carbocycles. The van der Waals surface area contributed by atoms with Crippen LogP contribution in [0.2, 0.25) is 0 Å². The average Bonchev–Trinajstić information content (AvgIpc) is 3.04. The lowest BCUT2D eigenvalue weighted by molar-refractivity contribution is 0.692. The predicted molar refractivity (Wildman–Crippen MR) is 66.2 cm³/mol. The Bertz CT molecular complexity index is 315. The van der Waals surface area contributed by atoms with E-state index in [2.05, 4.69) is 43.4 Å². The van der Waals surface area contributed by atoms with Crippen molar-refractivity contribution in [2.45, 2.75) is 45.6 Å². The van der Waals surface area contributed by atoms with Gasteiger partial charge in [0.15, 0.2) is 0 Å². The van der Waals surface area contributed by atoms with E-state index in [1.807, 2.05) is 0 Å². The molecule has 82 valence electrons. The van der Waals surface area contributed by atoms with Crippen LogP contribution in [0.5, 0.6) is 0 Å². The summed E-state index contributed by atoms with van der Waals surface area (Å²) in [6.07, 6.45) is 5.21. The maximum atomic E-state index is 3.66. The molecule has 1 atom stereocenters. The van der Waals surface area contributed by atoms with Gasteiger partial charge < -0.3 is 5.32 Å². The smallest absolute Gasteiger partial charge is 0.0374 e. The highest BCUT2D eigenvalue weighted by atomic mass is 14.9. The Hall–Kier alpha value is -0.980. The number of hydrogen-bond donors (Lipinski definition) is 1. The van der Waals surface area contributed by atoms with E-state index in [1.54, 1.807) is 0 Å². The van der Waals surface area contributed by atoms with Gasteiger partial charge in [-0.15, -0.1) is 0 Å². The second kappa shape index (κ2) is 4.69. The van der Waals surface area contributed by atoms with Crippen molar-refractivity contribution < 1.29 is 0 Å². The van der Waals surface area contributed by atoms with E-state index >= 15 is 0 Å². The molecule has 2 rings (SSSR count). The van der Waals surface area contributed by atoms with E-state index in [-0.39, 0.29) is 0 Å². The number of aryl methyl sites for hydroxylation is 1. The number of benzene rings is 1. The van der Waals surface area contributed by atoms with Gasteiger partial charge in [0, 0.05) is 11.7 Å². The van der Waals surface area contributed by atoms with Gasteiger partial charge in [-0.25, -0.2) is 0 Å². The minimum absolute atomic E-state index is 0.642. The number of anilines is 1. The molecule has 1 aliphatic carbocycles. The van der Waals surface area contributed by atoms with Crippen molar-refractivity contribution >= 4 is 5.69 Å². The van der Waals surface area contributed by atoms with Crippen LogP contribution < -0.4 is 5.32 Å². The summed E-state index contributed by atoms with van der Waals surface area (Å²) in [5.41, 5.74) is 2.81. The van der Waals surface area contributed by atoms with Crippen LogP contribution in [0.4, 0.5) is 5.69 Å². The zero-order valence-corrected chi connectivity index (χ0v) is 9.79. The standard InChI is InChI=1S/C14H21N/c1-3-6-13-7-4-5-8-14(13)15-11(2)12-9-10-12/h4-5,7-8,11-12,15H,3,6,9-10H2,1-2H3/t11-/m1/s1. The fourth-order valence-electron chi connectivity index (χ4n) is 2.11. The molecule has 0 heterocycles. The van der Waals surface area contributed by atoms with Gasteiger partial charge in [-0.3, -0.25) is 0 Å². The third kappa shape index (κ3) is 2.74. The highest BCUT2D eigenvalue weighted by Crippen LogP contribution is 2.34. The number of hydrogen-bond acceptors (Lipinski definition) is 1. The SMILES string of the molecule is CCCc1ccccc1N[C@H](C)C1CC1. The van der Waals surface area contributed by atoms with Crippen LogP contribution >= 0.6 is 0 Å². The minimum atomic E-state index is 0.642. The molecule has 1 saturated carbocycles. The first-order valence-corrected chi connectivity index (χ1v) is 6.15. The third-order valence-corrected chi connectivity index (χ3v) is 3.25. The van der Waals surface area contributed by atoms with Gasteiger partial charge >= 0.3 is 0 Å². The third-order valence-electron chi connectivity index (χ3n) is 3.25. The van der Waals surface area contributed by atoms with Crippen LogP contribution in [0.25, 0.3) is 0 Å². The summed E-state index contributed by atoms with van der Waals surface area (Å²) in [7, 11) is 0. The summed E-state index contributed by atoms with van der Waals surface area (Å²) in [6, 6.07) is 9.36. The first kappa shape index (κ1) is 10.5. The number of rotatable bonds is 5. The molecule has 15 heavy (non-hydrogen) atoms. The Labute approximate surface area is 92.9 Å². The quantitative estimate of drug-likeness (QED) is 0.766. The second-order valence-electron chi connectivity index (χ2n) is 4.68. The van der Waals surface area contributed by atoms with E-state index < -0.39 is 0 Å². The number of nitrogens with one attached hydrogen (secondary N) is 1. The lowest BCUT2D eigenvalue weighted by Gasteiger charge is -2.17. The molecule has 0 aliphatic heterocycles. The Morgan fingerprint density at radius 3 is 2.73 bits per heavy atom. The Morgan fingerprint density at radius 1 is 1.33 bits per heavy atom. The highest BCUT2D eigenvalue weighted by molar-refractivity contribution is 5.52. The molecule has 0 amide bonds. The van der Waals surface area contributed by atoms with Gasteiger partial charge in [-0.05, 0) is 43.7 Å². The largest absolute Gasteiger partial charge is 0.382 e. The van der Waals surface area contributed by atoms with Gasteiger partial charge in [0.25, 0.3) is 0 Å². The van der Waals surface area contributed by atoms with Crippen molar-refractivity contribution in [3.63, 3.8) is 0 Å². The van der Waals surface area contributed by atoms with Crippen molar-refractivity contribution in [2.75, 3.05) is 5.32 Å². The predicted octanol–water partition coefficient (Wildman–Crippen LogP) is 3.85. The van der Waals surface area contributed by atoms with Gasteiger partial charge in [-0.1, -0.05) is 31.5 Å². The van der Waals surface area contributed by atoms with Crippen LogP contribution in [-0.2, 0) is 6.42 Å². The molecule has 0 spiro atoms. The van der Waals surface area contributed by atoms with Crippen LogP contribution in [0.1, 0.15) is 38.7 Å². The summed E-state index contributed by atoms with van der Waals surface area (Å²) in [4.78, 5) is 0. The molecule has 0 saturated heterocycles. The Morgan fingerprint density at radius 2 is 2.07 bits per heavy atom. The van der Waals surface area contributed by atoms with E-state index in [1.165, 1.54) is 36.9 Å². The lowest BCUT2D eigenvalue weighted by atomic mass is 10.1. The van der Waals surface area contributed by atoms with Crippen molar-refractivity contribution in [1.29, 1.82) is 0 Å². The van der Waals surface area contributed by atoms with Crippen molar-refractivity contribution in [3.05, 3.63) is 29.8 Å². The van der Waals surface area contributed by atoms with E-state index in [0.29, 0.717) is 6.04 Å². The molecular weight excluding hydrogens is 182 g/mol. The van der Waals surface area contributed by atoms with Crippen LogP contribution in [0.3, 0.4) is 0 Å². The molecular formula is C14H21N. The van der Waals surface area contributed by atoms with Gasteiger partial charge in [0.2, 0.25) is 0 Å². The van der Waals surface area contributed by atoms with E-state index in [4.69, 9.17) is 0 Å². The summed E-state index contributed by atoms with van der Waals surface area (Å²) < 4.78 is 0. The first-order chi connectivity index (χ1) is 7.31. The molecule has 1 N–H and O–H groups in total. The topological polar surface area (TPSA) is 12.0 Å². The van der Waals surface area contributed by atoms with Crippen molar-refractivity contribution in [2.24, 2.45) is 5.92 Å². The first-order valence-electron chi connectivity index (χ1n) is 6.15. The van der Waals surface area contributed by atoms with Gasteiger partial charge in [0.05, 0.1) is 0 Å². The minimum Gasteiger partial charge on any atom is -0.382 e. The van der Waals surface area contributed by atoms with Crippen molar-refractivity contribution in [1.82, 2.24) is 0 Å². The molecule has 1 heteroatoms. The molecule has 0 bridgehead atoms. The van der Waals surface area contributed by atoms with E-state index in [9.17, 15) is 0 Å². The van der Waals surface area contributed by atoms with Crippen LogP contribution in [0.15, 0.2) is 24.3 Å². The molecule has 0 radical (unpaired) electrons. The second-order valence-corrected chi connectivity index (χ2v) is 4.68. The molecule has 1 fully saturated rings. The van der Waals surface area contributed by atoms with Crippen molar-refractivity contribution in [3.8, 4) is 0 Å². The van der Waals surface area contributed by atoms with Gasteiger partial charge in [0.1, 0.15) is 0 Å². The maximum Gasteiger partial charge on any atom is 0.0374 e. The monoisotopic (exact) mass is 203 g/mol. The molecule has 1 nitrogen and oxygen atoms in total. The molecule has 0 unspecified atom stereocenters. The molecule has 0 aromatic heterocycles. The zero-order valence-electron chi connectivity index (χ0n) is 9.79. The molecule has 1 aliphatic rings. The summed E-state index contributed by atoms with van der Waals surface area (Å²) >= 11 is 0. The van der Waals surface area contributed by atoms with E-state index in [0.717, 1.165) is 5.92 Å². The van der Waals surface area contributed by atoms with Gasteiger partial charge in [-0.2, -0.15) is 0 Å². The summed E-state index contributed by atoms with van der Waals surface area (Å²) in [5.74, 6) is 0.916.